The zero-order valence-electron chi connectivity index (χ0n) is 16.7. The maximum Gasteiger partial charge on any atom is 0.191 e. The Bertz CT molecular complexity index is 795. The summed E-state index contributed by atoms with van der Waals surface area (Å²) in [6, 6.07) is 10.00. The van der Waals surface area contributed by atoms with Gasteiger partial charge in [-0.1, -0.05) is 19.1 Å². The number of pyridine rings is 1. The van der Waals surface area contributed by atoms with Crippen LogP contribution in [0, 0.1) is 11.6 Å². The van der Waals surface area contributed by atoms with Crippen molar-refractivity contribution in [3.63, 3.8) is 0 Å². The minimum absolute atomic E-state index is 0. The highest BCUT2D eigenvalue weighted by Crippen LogP contribution is 2.19. The molecule has 1 saturated heterocycles. The summed E-state index contributed by atoms with van der Waals surface area (Å²) >= 11 is 0. The second-order valence-electron chi connectivity index (χ2n) is 7.11. The van der Waals surface area contributed by atoms with Crippen molar-refractivity contribution in [3.8, 4) is 0 Å². The molecule has 1 aliphatic heterocycles. The van der Waals surface area contributed by atoms with Crippen LogP contribution in [0.1, 0.15) is 31.2 Å². The Morgan fingerprint density at radius 1 is 1.24 bits per heavy atom. The Morgan fingerprint density at radius 2 is 2.00 bits per heavy atom. The molecule has 29 heavy (non-hydrogen) atoms. The topological polar surface area (TPSA) is 52.6 Å². The van der Waals surface area contributed by atoms with Crippen molar-refractivity contribution in [2.24, 2.45) is 4.99 Å². The number of hydrogen-bond acceptors (Lipinski definition) is 3. The molecular formula is C21H28F2IN5. The van der Waals surface area contributed by atoms with Crippen molar-refractivity contribution in [2.75, 3.05) is 31.6 Å². The quantitative estimate of drug-likeness (QED) is 0.360. The number of piperidine rings is 1. The highest BCUT2D eigenvalue weighted by Gasteiger charge is 2.21. The fourth-order valence-electron chi connectivity index (χ4n) is 3.44. The summed E-state index contributed by atoms with van der Waals surface area (Å²) in [5, 5.41) is 6.70. The summed E-state index contributed by atoms with van der Waals surface area (Å²) in [6.45, 7) is 4.28. The number of hydrogen-bond donors (Lipinski definition) is 2. The van der Waals surface area contributed by atoms with E-state index >= 15 is 0 Å². The first-order valence-corrected chi connectivity index (χ1v) is 9.65. The molecule has 2 aromatic rings. The van der Waals surface area contributed by atoms with Crippen molar-refractivity contribution >= 4 is 35.8 Å². The van der Waals surface area contributed by atoms with Crippen LogP contribution in [-0.4, -0.2) is 43.7 Å². The Morgan fingerprint density at radius 3 is 2.62 bits per heavy atom. The van der Waals surface area contributed by atoms with Crippen LogP contribution < -0.4 is 15.5 Å². The molecule has 1 aromatic heterocycles. The van der Waals surface area contributed by atoms with E-state index in [1.807, 2.05) is 31.3 Å². The molecule has 1 fully saturated rings. The lowest BCUT2D eigenvalue weighted by atomic mass is 10.0. The molecule has 1 aromatic carbocycles. The minimum atomic E-state index is -0.559. The van der Waals surface area contributed by atoms with Crippen LogP contribution in [-0.2, 0) is 0 Å². The third kappa shape index (κ3) is 6.52. The molecule has 1 aliphatic rings. The second-order valence-corrected chi connectivity index (χ2v) is 7.11. The van der Waals surface area contributed by atoms with Gasteiger partial charge in [0.1, 0.15) is 17.5 Å². The molecule has 1 unspecified atom stereocenters. The standard InChI is InChI=1S/C21H27F2N5.HI/c1-15(18-7-6-16(22)13-19(18)23)14-26-21(24-2)27-17-8-11-28(12-9-17)20-5-3-4-10-25-20;/h3-7,10,13,15,17H,8-9,11-12,14H2,1-2H3,(H2,24,26,27);1H. The van der Waals surface area contributed by atoms with E-state index in [1.165, 1.54) is 12.1 Å². The molecule has 0 bridgehead atoms. The summed E-state index contributed by atoms with van der Waals surface area (Å²) in [6.07, 6.45) is 3.79. The second kappa shape index (κ2) is 11.3. The van der Waals surface area contributed by atoms with Gasteiger partial charge in [0.05, 0.1) is 0 Å². The normalized spacial score (nSPS) is 16.1. The molecule has 2 heterocycles. The number of halogens is 3. The van der Waals surface area contributed by atoms with Crippen molar-refractivity contribution in [3.05, 3.63) is 59.8 Å². The number of nitrogens with zero attached hydrogens (tertiary/aromatic N) is 3. The third-order valence-corrected chi connectivity index (χ3v) is 5.10. The van der Waals surface area contributed by atoms with Gasteiger partial charge in [0.2, 0.25) is 0 Å². The first kappa shape index (κ1) is 23.3. The van der Waals surface area contributed by atoms with Gasteiger partial charge in [0.15, 0.2) is 5.96 Å². The van der Waals surface area contributed by atoms with Crippen LogP contribution in [0.2, 0.25) is 0 Å². The number of rotatable bonds is 5. The maximum absolute atomic E-state index is 13.9. The third-order valence-electron chi connectivity index (χ3n) is 5.10. The lowest BCUT2D eigenvalue weighted by Crippen LogP contribution is -2.49. The highest BCUT2D eigenvalue weighted by molar-refractivity contribution is 14.0. The zero-order valence-corrected chi connectivity index (χ0v) is 19.1. The van der Waals surface area contributed by atoms with E-state index in [-0.39, 0.29) is 29.9 Å². The lowest BCUT2D eigenvalue weighted by Gasteiger charge is -2.34. The van der Waals surface area contributed by atoms with E-state index < -0.39 is 11.6 Å². The SMILES string of the molecule is CN=C(NCC(C)c1ccc(F)cc1F)NC1CCN(c2ccccn2)CC1.I. The summed E-state index contributed by atoms with van der Waals surface area (Å²) in [5.74, 6) is 0.532. The van der Waals surface area contributed by atoms with Gasteiger partial charge >= 0.3 is 0 Å². The zero-order chi connectivity index (χ0) is 19.9. The predicted molar refractivity (Wildman–Crippen MR) is 124 cm³/mol. The lowest BCUT2D eigenvalue weighted by molar-refractivity contribution is 0.458. The number of aliphatic imine (C=N–C) groups is 1. The van der Waals surface area contributed by atoms with Gasteiger partial charge in [-0.2, -0.15) is 0 Å². The molecule has 0 saturated carbocycles. The summed E-state index contributed by atoms with van der Waals surface area (Å²) in [7, 11) is 1.72. The van der Waals surface area contributed by atoms with Crippen LogP contribution in [0.3, 0.4) is 0 Å². The Kier molecular flexibility index (Phi) is 9.06. The van der Waals surface area contributed by atoms with Gasteiger partial charge in [-0.3, -0.25) is 4.99 Å². The molecule has 158 valence electrons. The summed E-state index contributed by atoms with van der Waals surface area (Å²) in [5.41, 5.74) is 0.494. The predicted octanol–water partition coefficient (Wildman–Crippen LogP) is 3.92. The largest absolute Gasteiger partial charge is 0.356 e. The van der Waals surface area contributed by atoms with Crippen molar-refractivity contribution in [1.29, 1.82) is 0 Å². The number of aromatic nitrogens is 1. The average molecular weight is 515 g/mol. The highest BCUT2D eigenvalue weighted by atomic mass is 127. The van der Waals surface area contributed by atoms with E-state index in [1.54, 1.807) is 7.05 Å². The first-order valence-electron chi connectivity index (χ1n) is 9.65. The summed E-state index contributed by atoms with van der Waals surface area (Å²) in [4.78, 5) is 11.0. The molecule has 0 aliphatic carbocycles. The molecule has 0 spiro atoms. The van der Waals surface area contributed by atoms with Crippen LogP contribution in [0.15, 0.2) is 47.6 Å². The average Bonchev–Trinajstić information content (AvgIpc) is 2.72. The Labute approximate surface area is 188 Å². The van der Waals surface area contributed by atoms with Gasteiger partial charge in [0, 0.05) is 50.9 Å². The van der Waals surface area contributed by atoms with Gasteiger partial charge in [-0.05, 0) is 36.6 Å². The fourth-order valence-corrected chi connectivity index (χ4v) is 3.44. The van der Waals surface area contributed by atoms with E-state index in [4.69, 9.17) is 0 Å². The van der Waals surface area contributed by atoms with Gasteiger partial charge in [-0.15, -0.1) is 24.0 Å². The number of anilines is 1. The molecular weight excluding hydrogens is 487 g/mol. The summed E-state index contributed by atoms with van der Waals surface area (Å²) < 4.78 is 27.0. The molecule has 0 amide bonds. The van der Waals surface area contributed by atoms with Crippen molar-refractivity contribution in [2.45, 2.75) is 31.7 Å². The van der Waals surface area contributed by atoms with Gasteiger partial charge < -0.3 is 15.5 Å². The smallest absolute Gasteiger partial charge is 0.191 e. The number of benzene rings is 1. The first-order chi connectivity index (χ1) is 13.6. The van der Waals surface area contributed by atoms with Crippen LogP contribution in [0.4, 0.5) is 14.6 Å². The van der Waals surface area contributed by atoms with E-state index in [2.05, 4.69) is 25.5 Å². The van der Waals surface area contributed by atoms with Crippen LogP contribution >= 0.6 is 24.0 Å². The maximum atomic E-state index is 13.9. The van der Waals surface area contributed by atoms with E-state index in [0.29, 0.717) is 24.1 Å². The van der Waals surface area contributed by atoms with E-state index in [0.717, 1.165) is 37.8 Å². The fraction of sp³-hybridized carbons (Fsp3) is 0.429. The van der Waals surface area contributed by atoms with Crippen molar-refractivity contribution in [1.82, 2.24) is 15.6 Å². The van der Waals surface area contributed by atoms with Crippen molar-refractivity contribution < 1.29 is 8.78 Å². The van der Waals surface area contributed by atoms with E-state index in [9.17, 15) is 8.78 Å². The molecule has 5 nitrogen and oxygen atoms in total. The Balaban J connectivity index is 0.00000300. The number of nitrogens with one attached hydrogen (secondary N) is 2. The monoisotopic (exact) mass is 515 g/mol. The molecule has 8 heteroatoms. The molecule has 2 N–H and O–H groups in total. The molecule has 3 rings (SSSR count). The van der Waals surface area contributed by atoms with Crippen LogP contribution in [0.25, 0.3) is 0 Å². The molecule has 1 atom stereocenters. The molecule has 0 radical (unpaired) electrons. The van der Waals surface area contributed by atoms with Crippen LogP contribution in [0.5, 0.6) is 0 Å². The Hall–Kier alpha value is -1.97. The minimum Gasteiger partial charge on any atom is -0.356 e. The van der Waals surface area contributed by atoms with Gasteiger partial charge in [0.25, 0.3) is 0 Å². The van der Waals surface area contributed by atoms with Gasteiger partial charge in [-0.25, -0.2) is 13.8 Å². The number of guanidine groups is 1.